The molecule has 10 nitrogen and oxygen atoms in total. The Morgan fingerprint density at radius 2 is 2.03 bits per heavy atom. The van der Waals surface area contributed by atoms with Crippen molar-refractivity contribution in [3.05, 3.63) is 48.8 Å². The van der Waals surface area contributed by atoms with E-state index in [1.54, 1.807) is 23.3 Å². The minimum Gasteiger partial charge on any atom is -0.390 e. The third kappa shape index (κ3) is 5.34. The average molecular weight is 520 g/mol. The summed E-state index contributed by atoms with van der Waals surface area (Å²) in [5, 5.41) is 21.1. The highest BCUT2D eigenvalue weighted by atomic mass is 32.1. The fourth-order valence-electron chi connectivity index (χ4n) is 4.91. The van der Waals surface area contributed by atoms with Crippen molar-refractivity contribution in [2.24, 2.45) is 13.0 Å². The number of aliphatic hydroxyl groups is 1. The second-order valence-electron chi connectivity index (χ2n) is 9.84. The molecule has 192 valence electrons. The number of benzene rings is 1. The quantitative estimate of drug-likeness (QED) is 0.321. The average Bonchev–Trinajstić information content (AvgIpc) is 3.59. The number of amides is 1. The van der Waals surface area contributed by atoms with Crippen LogP contribution >= 0.6 is 11.3 Å². The number of ether oxygens (including phenoxy) is 1. The standard InChI is InChI=1S/C26H29N7O3S/c1-33-13-19(12-29-33)30-18-7-16(8-18)25(35)32-26-31-20-6-5-15(9-23(20)37-26)17-10-27-24(28-11-17)14-36-22-4-2-3-21(22)34/h5-6,9-13,16,18,21-22,30,34H,2-4,7-8,14H2,1H3,(H,31,32,35)/t16?,18?,21-,22-/m0/s1. The first-order valence-electron chi connectivity index (χ1n) is 12.6. The zero-order valence-electron chi connectivity index (χ0n) is 20.5. The first kappa shape index (κ1) is 24.0. The molecule has 2 aliphatic carbocycles. The maximum Gasteiger partial charge on any atom is 0.229 e. The lowest BCUT2D eigenvalue weighted by Gasteiger charge is -2.34. The molecule has 2 saturated carbocycles. The Balaban J connectivity index is 1.04. The van der Waals surface area contributed by atoms with Gasteiger partial charge in [0, 0.05) is 43.2 Å². The largest absolute Gasteiger partial charge is 0.390 e. The number of carbonyl (C=O) groups is 1. The first-order chi connectivity index (χ1) is 18.0. The van der Waals surface area contributed by atoms with Gasteiger partial charge in [0.2, 0.25) is 5.91 Å². The van der Waals surface area contributed by atoms with Gasteiger partial charge < -0.3 is 20.5 Å². The van der Waals surface area contributed by atoms with Gasteiger partial charge in [-0.1, -0.05) is 17.4 Å². The van der Waals surface area contributed by atoms with Gasteiger partial charge in [-0.2, -0.15) is 5.10 Å². The van der Waals surface area contributed by atoms with Crippen LogP contribution in [0, 0.1) is 5.92 Å². The van der Waals surface area contributed by atoms with Crippen molar-refractivity contribution >= 4 is 38.3 Å². The molecule has 0 spiro atoms. The minimum absolute atomic E-state index is 0.0137. The van der Waals surface area contributed by atoms with E-state index in [0.29, 0.717) is 17.6 Å². The van der Waals surface area contributed by atoms with Crippen molar-refractivity contribution in [1.82, 2.24) is 24.7 Å². The number of anilines is 2. The first-order valence-corrected chi connectivity index (χ1v) is 13.4. The molecule has 3 heterocycles. The zero-order chi connectivity index (χ0) is 25.4. The number of fused-ring (bicyclic) bond motifs is 1. The van der Waals surface area contributed by atoms with Gasteiger partial charge in [0.25, 0.3) is 0 Å². The molecule has 3 aromatic heterocycles. The van der Waals surface area contributed by atoms with Gasteiger partial charge in [0.1, 0.15) is 6.61 Å². The molecule has 2 aliphatic rings. The summed E-state index contributed by atoms with van der Waals surface area (Å²) in [6.45, 7) is 0.292. The molecular weight excluding hydrogens is 490 g/mol. The molecule has 1 amide bonds. The van der Waals surface area contributed by atoms with E-state index in [0.717, 1.165) is 59.1 Å². The molecule has 0 unspecified atom stereocenters. The predicted molar refractivity (Wildman–Crippen MR) is 141 cm³/mol. The highest BCUT2D eigenvalue weighted by molar-refractivity contribution is 7.22. The summed E-state index contributed by atoms with van der Waals surface area (Å²) in [7, 11) is 1.88. The monoisotopic (exact) mass is 519 g/mol. The molecule has 3 N–H and O–H groups in total. The van der Waals surface area contributed by atoms with Gasteiger partial charge >= 0.3 is 0 Å². The summed E-state index contributed by atoms with van der Waals surface area (Å²) in [4.78, 5) is 26.2. The van der Waals surface area contributed by atoms with Crippen LogP contribution in [0.3, 0.4) is 0 Å². The van der Waals surface area contributed by atoms with Crippen LogP contribution < -0.4 is 10.6 Å². The number of aryl methyl sites for hydroxylation is 1. The van der Waals surface area contributed by atoms with Crippen molar-refractivity contribution in [1.29, 1.82) is 0 Å². The molecule has 4 aromatic rings. The Morgan fingerprint density at radius 1 is 1.19 bits per heavy atom. The van der Waals surface area contributed by atoms with Crippen LogP contribution in [0.5, 0.6) is 0 Å². The highest BCUT2D eigenvalue weighted by Gasteiger charge is 2.35. The number of hydrogen-bond donors (Lipinski definition) is 3. The van der Waals surface area contributed by atoms with E-state index < -0.39 is 0 Å². The Labute approximate surface area is 218 Å². The fraction of sp³-hybridized carbons (Fsp3) is 0.423. The topological polar surface area (TPSA) is 127 Å². The number of nitrogens with one attached hydrogen (secondary N) is 2. The molecule has 11 heteroatoms. The molecule has 2 fully saturated rings. The van der Waals surface area contributed by atoms with Crippen LogP contribution in [0.4, 0.5) is 10.8 Å². The molecule has 37 heavy (non-hydrogen) atoms. The van der Waals surface area contributed by atoms with Crippen molar-refractivity contribution in [2.75, 3.05) is 10.6 Å². The Kier molecular flexibility index (Phi) is 6.58. The van der Waals surface area contributed by atoms with Crippen molar-refractivity contribution in [3.63, 3.8) is 0 Å². The van der Waals surface area contributed by atoms with Crippen LogP contribution in [0.15, 0.2) is 43.0 Å². The number of aliphatic hydroxyl groups excluding tert-OH is 1. The lowest BCUT2D eigenvalue weighted by Crippen LogP contribution is -2.41. The van der Waals surface area contributed by atoms with Crippen LogP contribution in [0.25, 0.3) is 21.3 Å². The van der Waals surface area contributed by atoms with Gasteiger partial charge in [0.15, 0.2) is 11.0 Å². The van der Waals surface area contributed by atoms with Crippen LogP contribution in [-0.4, -0.2) is 54.0 Å². The number of carbonyl (C=O) groups excluding carboxylic acids is 1. The number of aromatic nitrogens is 5. The minimum atomic E-state index is -0.389. The van der Waals surface area contributed by atoms with Gasteiger partial charge in [0.05, 0.1) is 34.3 Å². The third-order valence-corrected chi connectivity index (χ3v) is 8.02. The van der Waals surface area contributed by atoms with E-state index in [1.165, 1.54) is 11.3 Å². The van der Waals surface area contributed by atoms with Crippen molar-refractivity contribution < 1.29 is 14.6 Å². The smallest absolute Gasteiger partial charge is 0.229 e. The van der Waals surface area contributed by atoms with E-state index in [9.17, 15) is 9.90 Å². The lowest BCUT2D eigenvalue weighted by molar-refractivity contribution is -0.122. The van der Waals surface area contributed by atoms with Crippen LogP contribution in [-0.2, 0) is 23.2 Å². The lowest BCUT2D eigenvalue weighted by atomic mass is 9.79. The fourth-order valence-corrected chi connectivity index (χ4v) is 5.82. The van der Waals surface area contributed by atoms with Crippen LogP contribution in [0.2, 0.25) is 0 Å². The van der Waals surface area contributed by atoms with Gasteiger partial charge in [-0.25, -0.2) is 15.0 Å². The third-order valence-electron chi connectivity index (χ3n) is 7.09. The second kappa shape index (κ2) is 10.2. The SMILES string of the molecule is Cn1cc(NC2CC(C(=O)Nc3nc4ccc(-c5cnc(CO[C@H]6CCC[C@@H]6O)nc5)cc4s3)C2)cn1. The maximum absolute atomic E-state index is 12.7. The summed E-state index contributed by atoms with van der Waals surface area (Å²) in [5.41, 5.74) is 3.70. The molecule has 6 rings (SSSR count). The predicted octanol–water partition coefficient (Wildman–Crippen LogP) is 3.75. The summed E-state index contributed by atoms with van der Waals surface area (Å²) < 4.78 is 8.52. The van der Waals surface area contributed by atoms with Gasteiger partial charge in [-0.15, -0.1) is 0 Å². The van der Waals surface area contributed by atoms with E-state index in [-0.39, 0.29) is 30.1 Å². The molecule has 0 aliphatic heterocycles. The molecule has 2 atom stereocenters. The number of rotatable bonds is 8. The second-order valence-corrected chi connectivity index (χ2v) is 10.9. The molecule has 0 radical (unpaired) electrons. The van der Waals surface area contributed by atoms with E-state index in [2.05, 4.69) is 30.7 Å². The Bertz CT molecular complexity index is 1400. The summed E-state index contributed by atoms with van der Waals surface area (Å²) in [6.07, 6.45) is 11.0. The molecule has 0 saturated heterocycles. The normalized spacial score (nSPS) is 23.2. The zero-order valence-corrected chi connectivity index (χ0v) is 21.3. The molecular formula is C26H29N7O3S. The van der Waals surface area contributed by atoms with Gasteiger partial charge in [-0.05, 0) is 49.8 Å². The van der Waals surface area contributed by atoms with E-state index in [4.69, 9.17) is 4.74 Å². The number of thiazole rings is 1. The summed E-state index contributed by atoms with van der Waals surface area (Å²) in [5.74, 6) is 0.591. The Hall–Kier alpha value is -3.41. The van der Waals surface area contributed by atoms with E-state index in [1.807, 2.05) is 31.4 Å². The number of hydrogen-bond acceptors (Lipinski definition) is 9. The Morgan fingerprint density at radius 3 is 2.76 bits per heavy atom. The van der Waals surface area contributed by atoms with Gasteiger partial charge in [-0.3, -0.25) is 9.48 Å². The highest BCUT2D eigenvalue weighted by Crippen LogP contribution is 2.34. The summed E-state index contributed by atoms with van der Waals surface area (Å²) >= 11 is 1.46. The van der Waals surface area contributed by atoms with E-state index >= 15 is 0 Å². The van der Waals surface area contributed by atoms with Crippen molar-refractivity contribution in [2.45, 2.75) is 57.0 Å². The van der Waals surface area contributed by atoms with Crippen LogP contribution in [0.1, 0.15) is 37.9 Å². The molecule has 0 bridgehead atoms. The maximum atomic E-state index is 12.7. The summed E-state index contributed by atoms with van der Waals surface area (Å²) in [6, 6.07) is 6.26. The number of nitrogens with zero attached hydrogens (tertiary/aromatic N) is 5. The molecule has 1 aromatic carbocycles. The van der Waals surface area contributed by atoms with Crippen molar-refractivity contribution in [3.8, 4) is 11.1 Å².